The number of benzene rings is 1. The van der Waals surface area contributed by atoms with Gasteiger partial charge in [0.05, 0.1) is 11.4 Å². The van der Waals surface area contributed by atoms with Crippen molar-refractivity contribution in [1.82, 2.24) is 14.9 Å². The zero-order valence-electron chi connectivity index (χ0n) is 12.7. The molecule has 1 unspecified atom stereocenters. The molecule has 0 amide bonds. The highest BCUT2D eigenvalue weighted by molar-refractivity contribution is 7.89. The Labute approximate surface area is 125 Å². The van der Waals surface area contributed by atoms with Crippen LogP contribution in [0.2, 0.25) is 0 Å². The van der Waals surface area contributed by atoms with Gasteiger partial charge in [0, 0.05) is 6.04 Å². The van der Waals surface area contributed by atoms with Gasteiger partial charge in [0.1, 0.15) is 4.90 Å². The Bertz CT molecular complexity index is 686. The Kier molecular flexibility index (Phi) is 4.49. The van der Waals surface area contributed by atoms with Gasteiger partial charge in [0.15, 0.2) is 0 Å². The van der Waals surface area contributed by atoms with E-state index in [-0.39, 0.29) is 16.9 Å². The van der Waals surface area contributed by atoms with Crippen LogP contribution in [0.4, 0.5) is 0 Å². The monoisotopic (exact) mass is 307 g/mol. The molecular formula is C15H21N3O2S. The van der Waals surface area contributed by atoms with E-state index in [9.17, 15) is 8.42 Å². The van der Waals surface area contributed by atoms with E-state index >= 15 is 0 Å². The van der Waals surface area contributed by atoms with Crippen molar-refractivity contribution < 1.29 is 8.42 Å². The lowest BCUT2D eigenvalue weighted by molar-refractivity contribution is 0.462. The Morgan fingerprint density at radius 1 is 1.14 bits per heavy atom. The van der Waals surface area contributed by atoms with E-state index in [1.54, 1.807) is 13.8 Å². The van der Waals surface area contributed by atoms with Crippen molar-refractivity contribution in [2.75, 3.05) is 0 Å². The Hall–Kier alpha value is -1.66. The first kappa shape index (κ1) is 15.7. The first-order valence-corrected chi connectivity index (χ1v) is 8.40. The normalized spacial score (nSPS) is 13.6. The van der Waals surface area contributed by atoms with Crippen LogP contribution in [0, 0.1) is 19.8 Å². The molecule has 1 aromatic heterocycles. The van der Waals surface area contributed by atoms with Gasteiger partial charge in [-0.1, -0.05) is 44.2 Å². The molecule has 0 saturated carbocycles. The fraction of sp³-hybridized carbons (Fsp3) is 0.400. The standard InChI is InChI=1S/C15H21N3O2S/c1-10(2)14(13-8-6-5-7-9-13)18-21(19,20)15-11(3)16-17-12(15)4/h5-10,14,18H,1-4H3,(H,16,17). The molecule has 0 spiro atoms. The van der Waals surface area contributed by atoms with Crippen molar-refractivity contribution in [3.8, 4) is 0 Å². The lowest BCUT2D eigenvalue weighted by Gasteiger charge is -2.22. The van der Waals surface area contributed by atoms with Gasteiger partial charge < -0.3 is 0 Å². The van der Waals surface area contributed by atoms with Crippen molar-refractivity contribution >= 4 is 10.0 Å². The maximum Gasteiger partial charge on any atom is 0.244 e. The molecule has 2 rings (SSSR count). The number of nitrogens with zero attached hydrogens (tertiary/aromatic N) is 1. The number of nitrogens with one attached hydrogen (secondary N) is 2. The molecule has 0 aliphatic carbocycles. The summed E-state index contributed by atoms with van der Waals surface area (Å²) in [5.74, 6) is 0.134. The molecule has 0 fully saturated rings. The zero-order valence-corrected chi connectivity index (χ0v) is 13.5. The predicted octanol–water partition coefficient (Wildman–Crippen LogP) is 2.70. The summed E-state index contributed by atoms with van der Waals surface area (Å²) < 4.78 is 28.1. The van der Waals surface area contributed by atoms with E-state index in [0.29, 0.717) is 11.4 Å². The molecule has 21 heavy (non-hydrogen) atoms. The largest absolute Gasteiger partial charge is 0.281 e. The van der Waals surface area contributed by atoms with Crippen molar-refractivity contribution in [2.24, 2.45) is 5.92 Å². The molecule has 0 bridgehead atoms. The van der Waals surface area contributed by atoms with Crippen molar-refractivity contribution in [3.05, 3.63) is 47.3 Å². The van der Waals surface area contributed by atoms with Crippen LogP contribution < -0.4 is 4.72 Å². The summed E-state index contributed by atoms with van der Waals surface area (Å²) in [5.41, 5.74) is 1.99. The fourth-order valence-electron chi connectivity index (χ4n) is 2.41. The molecule has 0 aliphatic heterocycles. The smallest absolute Gasteiger partial charge is 0.244 e. The van der Waals surface area contributed by atoms with Crippen LogP contribution >= 0.6 is 0 Å². The van der Waals surface area contributed by atoms with Crippen LogP contribution in [-0.2, 0) is 10.0 Å². The van der Waals surface area contributed by atoms with Gasteiger partial charge >= 0.3 is 0 Å². The number of hydrogen-bond acceptors (Lipinski definition) is 3. The summed E-state index contributed by atoms with van der Waals surface area (Å²) in [7, 11) is -3.61. The summed E-state index contributed by atoms with van der Waals surface area (Å²) in [4.78, 5) is 0.240. The van der Waals surface area contributed by atoms with E-state index in [2.05, 4.69) is 14.9 Å². The molecule has 1 aromatic carbocycles. The molecule has 0 radical (unpaired) electrons. The first-order chi connectivity index (χ1) is 9.83. The number of aryl methyl sites for hydroxylation is 2. The van der Waals surface area contributed by atoms with E-state index in [1.807, 2.05) is 44.2 Å². The second-order valence-electron chi connectivity index (χ2n) is 5.52. The Balaban J connectivity index is 2.38. The SMILES string of the molecule is Cc1n[nH]c(C)c1S(=O)(=O)NC(c1ccccc1)C(C)C. The maximum absolute atomic E-state index is 12.7. The highest BCUT2D eigenvalue weighted by Crippen LogP contribution is 2.25. The van der Waals surface area contributed by atoms with E-state index < -0.39 is 10.0 Å². The Morgan fingerprint density at radius 2 is 1.76 bits per heavy atom. The molecule has 1 atom stereocenters. The van der Waals surface area contributed by atoms with E-state index in [1.165, 1.54) is 0 Å². The van der Waals surface area contributed by atoms with Crippen molar-refractivity contribution in [1.29, 1.82) is 0 Å². The average Bonchev–Trinajstić information content (AvgIpc) is 2.77. The maximum atomic E-state index is 12.7. The minimum atomic E-state index is -3.61. The number of aromatic nitrogens is 2. The second-order valence-corrected chi connectivity index (χ2v) is 7.17. The highest BCUT2D eigenvalue weighted by Gasteiger charge is 2.27. The van der Waals surface area contributed by atoms with Gasteiger partial charge in [0.25, 0.3) is 0 Å². The summed E-state index contributed by atoms with van der Waals surface area (Å²) in [6.45, 7) is 7.39. The zero-order chi connectivity index (χ0) is 15.6. The quantitative estimate of drug-likeness (QED) is 0.892. The summed E-state index contributed by atoms with van der Waals surface area (Å²) in [6.07, 6.45) is 0. The van der Waals surface area contributed by atoms with E-state index in [4.69, 9.17) is 0 Å². The van der Waals surface area contributed by atoms with Gasteiger partial charge in [-0.05, 0) is 25.3 Å². The lowest BCUT2D eigenvalue weighted by Crippen LogP contribution is -2.32. The minimum Gasteiger partial charge on any atom is -0.281 e. The topological polar surface area (TPSA) is 74.8 Å². The first-order valence-electron chi connectivity index (χ1n) is 6.91. The molecule has 5 nitrogen and oxygen atoms in total. The van der Waals surface area contributed by atoms with Crippen molar-refractivity contribution in [3.63, 3.8) is 0 Å². The van der Waals surface area contributed by atoms with Gasteiger partial charge in [-0.15, -0.1) is 0 Å². The fourth-order valence-corrected chi connectivity index (χ4v) is 4.16. The summed E-state index contributed by atoms with van der Waals surface area (Å²) in [5, 5.41) is 6.68. The van der Waals surface area contributed by atoms with Gasteiger partial charge in [-0.2, -0.15) is 5.10 Å². The molecule has 0 aliphatic rings. The molecule has 1 heterocycles. The van der Waals surface area contributed by atoms with Crippen LogP contribution in [0.25, 0.3) is 0 Å². The number of aromatic amines is 1. The van der Waals surface area contributed by atoms with Crippen LogP contribution in [0.15, 0.2) is 35.2 Å². The van der Waals surface area contributed by atoms with Gasteiger partial charge in [0.2, 0.25) is 10.0 Å². The summed E-state index contributed by atoms with van der Waals surface area (Å²) >= 11 is 0. The predicted molar refractivity (Wildman–Crippen MR) is 82.4 cm³/mol. The highest BCUT2D eigenvalue weighted by atomic mass is 32.2. The Morgan fingerprint density at radius 3 is 2.24 bits per heavy atom. The molecule has 2 N–H and O–H groups in total. The number of sulfonamides is 1. The molecular weight excluding hydrogens is 286 g/mol. The third kappa shape index (κ3) is 3.33. The molecule has 114 valence electrons. The van der Waals surface area contributed by atoms with Crippen LogP contribution in [-0.4, -0.2) is 18.6 Å². The van der Waals surface area contributed by atoms with Crippen molar-refractivity contribution in [2.45, 2.75) is 38.6 Å². The minimum absolute atomic E-state index is 0.134. The second kappa shape index (κ2) is 5.99. The van der Waals surface area contributed by atoms with Crippen LogP contribution in [0.5, 0.6) is 0 Å². The molecule has 0 saturated heterocycles. The number of rotatable bonds is 5. The van der Waals surface area contributed by atoms with Crippen LogP contribution in [0.3, 0.4) is 0 Å². The number of H-pyrrole nitrogens is 1. The summed E-state index contributed by atoms with van der Waals surface area (Å²) in [6, 6.07) is 9.33. The number of hydrogen-bond donors (Lipinski definition) is 2. The molecule has 2 aromatic rings. The van der Waals surface area contributed by atoms with Crippen LogP contribution in [0.1, 0.15) is 36.8 Å². The average molecular weight is 307 g/mol. The van der Waals surface area contributed by atoms with Gasteiger partial charge in [-0.25, -0.2) is 13.1 Å². The third-order valence-electron chi connectivity index (χ3n) is 3.44. The third-order valence-corrected chi connectivity index (χ3v) is 5.14. The lowest BCUT2D eigenvalue weighted by atomic mass is 9.97. The van der Waals surface area contributed by atoms with Gasteiger partial charge in [-0.3, -0.25) is 5.10 Å². The molecule has 6 heteroatoms. The van der Waals surface area contributed by atoms with E-state index in [0.717, 1.165) is 5.56 Å².